The summed E-state index contributed by atoms with van der Waals surface area (Å²) in [6.45, 7) is 12.0. The molecule has 118 valence electrons. The molecular weight excluding hydrogens is 262 g/mol. The highest BCUT2D eigenvalue weighted by Gasteiger charge is 2.40. The number of nitrogens with two attached hydrogens (primary N) is 1. The Morgan fingerprint density at radius 2 is 2.00 bits per heavy atom. The van der Waals surface area contributed by atoms with Crippen molar-refractivity contribution in [3.8, 4) is 0 Å². The van der Waals surface area contributed by atoms with Gasteiger partial charge in [-0.1, -0.05) is 13.8 Å². The van der Waals surface area contributed by atoms with E-state index in [1.807, 2.05) is 6.20 Å². The van der Waals surface area contributed by atoms with E-state index < -0.39 is 0 Å². The molecule has 2 aliphatic heterocycles. The number of nitrogens with zero attached hydrogens (tertiary/aromatic N) is 4. The summed E-state index contributed by atoms with van der Waals surface area (Å²) >= 11 is 0. The lowest BCUT2D eigenvalue weighted by Gasteiger charge is -2.49. The molecule has 0 atom stereocenters. The number of piperidine rings is 1. The highest BCUT2D eigenvalue weighted by molar-refractivity contribution is 5.03. The predicted octanol–water partition coefficient (Wildman–Crippen LogP) is 1.15. The summed E-state index contributed by atoms with van der Waals surface area (Å²) in [5.41, 5.74) is 6.41. The van der Waals surface area contributed by atoms with Crippen molar-refractivity contribution >= 4 is 0 Å². The molecule has 0 unspecified atom stereocenters. The molecule has 0 aliphatic carbocycles. The van der Waals surface area contributed by atoms with Crippen LogP contribution in [0.2, 0.25) is 0 Å². The first-order valence-electron chi connectivity index (χ1n) is 8.30. The Kier molecular flexibility index (Phi) is 4.33. The van der Waals surface area contributed by atoms with Crippen LogP contribution >= 0.6 is 0 Å². The quantitative estimate of drug-likeness (QED) is 0.904. The van der Waals surface area contributed by atoms with E-state index >= 15 is 0 Å². The Morgan fingerprint density at radius 3 is 2.67 bits per heavy atom. The van der Waals surface area contributed by atoms with Gasteiger partial charge in [-0.25, -0.2) is 4.98 Å². The van der Waals surface area contributed by atoms with Crippen molar-refractivity contribution < 1.29 is 0 Å². The lowest BCUT2D eigenvalue weighted by molar-refractivity contribution is 0.00526. The van der Waals surface area contributed by atoms with Gasteiger partial charge in [0.05, 0.1) is 6.54 Å². The topological polar surface area (TPSA) is 50.3 Å². The molecule has 1 saturated heterocycles. The summed E-state index contributed by atoms with van der Waals surface area (Å²) in [4.78, 5) is 9.69. The molecule has 0 saturated carbocycles. The van der Waals surface area contributed by atoms with Crippen molar-refractivity contribution in [2.75, 3.05) is 32.7 Å². The average Bonchev–Trinajstić information content (AvgIpc) is 2.95. The van der Waals surface area contributed by atoms with Crippen LogP contribution in [0, 0.1) is 5.92 Å². The number of aromatic nitrogens is 2. The van der Waals surface area contributed by atoms with Gasteiger partial charge in [-0.05, 0) is 31.8 Å². The Morgan fingerprint density at radius 1 is 1.24 bits per heavy atom. The van der Waals surface area contributed by atoms with Gasteiger partial charge in [0.15, 0.2) is 0 Å². The molecular formula is C16H29N5. The van der Waals surface area contributed by atoms with E-state index in [1.165, 1.54) is 38.3 Å². The molecule has 0 spiro atoms. The Hall–Kier alpha value is -0.910. The van der Waals surface area contributed by atoms with Crippen LogP contribution in [0.1, 0.15) is 32.5 Å². The zero-order chi connectivity index (χ0) is 14.9. The van der Waals surface area contributed by atoms with E-state index in [1.54, 1.807) is 0 Å². The SMILES string of the molecule is CC(C)CN1CCC(CN)(N2CCn3ccnc3C2)CC1. The zero-order valence-corrected chi connectivity index (χ0v) is 13.5. The van der Waals surface area contributed by atoms with Gasteiger partial charge in [-0.2, -0.15) is 0 Å². The second-order valence-corrected chi connectivity index (χ2v) is 7.08. The highest BCUT2D eigenvalue weighted by Crippen LogP contribution is 2.31. The Labute approximate surface area is 128 Å². The molecule has 1 fully saturated rings. The molecule has 0 amide bonds. The number of hydrogen-bond acceptors (Lipinski definition) is 4. The van der Waals surface area contributed by atoms with E-state index in [-0.39, 0.29) is 5.54 Å². The van der Waals surface area contributed by atoms with Gasteiger partial charge in [0.1, 0.15) is 5.82 Å². The minimum atomic E-state index is 0.185. The van der Waals surface area contributed by atoms with Crippen molar-refractivity contribution in [2.24, 2.45) is 11.7 Å². The van der Waals surface area contributed by atoms with Gasteiger partial charge in [0.2, 0.25) is 0 Å². The van der Waals surface area contributed by atoms with Crippen LogP contribution in [0.5, 0.6) is 0 Å². The Bertz CT molecular complexity index is 459. The summed E-state index contributed by atoms with van der Waals surface area (Å²) in [5.74, 6) is 1.94. The van der Waals surface area contributed by atoms with E-state index in [2.05, 4.69) is 39.4 Å². The van der Waals surface area contributed by atoms with E-state index in [9.17, 15) is 0 Å². The normalized spacial score (nSPS) is 23.4. The summed E-state index contributed by atoms with van der Waals surface area (Å²) in [7, 11) is 0. The lowest BCUT2D eigenvalue weighted by Crippen LogP contribution is -2.60. The van der Waals surface area contributed by atoms with Crippen molar-refractivity contribution in [1.82, 2.24) is 19.4 Å². The number of likely N-dealkylation sites (tertiary alicyclic amines) is 1. The molecule has 2 aliphatic rings. The van der Waals surface area contributed by atoms with Gasteiger partial charge in [-0.15, -0.1) is 0 Å². The highest BCUT2D eigenvalue weighted by atomic mass is 15.3. The maximum absolute atomic E-state index is 6.22. The lowest BCUT2D eigenvalue weighted by atomic mass is 9.84. The third kappa shape index (κ3) is 3.00. The van der Waals surface area contributed by atoms with Crippen LogP contribution in [0.3, 0.4) is 0 Å². The summed E-state index contributed by atoms with van der Waals surface area (Å²) < 4.78 is 2.27. The van der Waals surface area contributed by atoms with E-state index in [0.717, 1.165) is 32.1 Å². The van der Waals surface area contributed by atoms with Gasteiger partial charge in [0, 0.05) is 44.1 Å². The molecule has 1 aromatic heterocycles. The minimum absolute atomic E-state index is 0.185. The van der Waals surface area contributed by atoms with Crippen molar-refractivity contribution in [3.63, 3.8) is 0 Å². The number of fused-ring (bicyclic) bond motifs is 1. The first-order valence-corrected chi connectivity index (χ1v) is 8.30. The number of hydrogen-bond donors (Lipinski definition) is 1. The Balaban J connectivity index is 1.66. The number of rotatable bonds is 4. The molecule has 0 radical (unpaired) electrons. The predicted molar refractivity (Wildman–Crippen MR) is 84.9 cm³/mol. The third-order valence-corrected chi connectivity index (χ3v) is 5.21. The standard InChI is InChI=1S/C16H29N5/c1-14(2)11-19-6-3-16(13-17,4-7-19)21-10-9-20-8-5-18-15(20)12-21/h5,8,14H,3-4,6-7,9-13,17H2,1-2H3. The van der Waals surface area contributed by atoms with Crippen LogP contribution in [0.4, 0.5) is 0 Å². The molecule has 5 heteroatoms. The van der Waals surface area contributed by atoms with Crippen LogP contribution in [-0.2, 0) is 13.1 Å². The maximum atomic E-state index is 6.22. The van der Waals surface area contributed by atoms with Gasteiger partial charge < -0.3 is 15.2 Å². The van der Waals surface area contributed by atoms with Crippen molar-refractivity contribution in [1.29, 1.82) is 0 Å². The van der Waals surface area contributed by atoms with Crippen LogP contribution in [0.25, 0.3) is 0 Å². The second-order valence-electron chi connectivity index (χ2n) is 7.08. The van der Waals surface area contributed by atoms with Gasteiger partial charge in [-0.3, -0.25) is 4.90 Å². The summed E-state index contributed by atoms with van der Waals surface area (Å²) in [5, 5.41) is 0. The fourth-order valence-electron chi connectivity index (χ4n) is 3.90. The third-order valence-electron chi connectivity index (χ3n) is 5.21. The van der Waals surface area contributed by atoms with Crippen molar-refractivity contribution in [3.05, 3.63) is 18.2 Å². The van der Waals surface area contributed by atoms with Crippen LogP contribution in [0.15, 0.2) is 12.4 Å². The average molecular weight is 291 g/mol. The monoisotopic (exact) mass is 291 g/mol. The molecule has 3 rings (SSSR count). The molecule has 0 bridgehead atoms. The minimum Gasteiger partial charge on any atom is -0.333 e. The van der Waals surface area contributed by atoms with E-state index in [0.29, 0.717) is 0 Å². The zero-order valence-electron chi connectivity index (χ0n) is 13.5. The molecule has 21 heavy (non-hydrogen) atoms. The largest absolute Gasteiger partial charge is 0.333 e. The van der Waals surface area contributed by atoms with Crippen molar-refractivity contribution in [2.45, 2.75) is 45.3 Å². The molecule has 5 nitrogen and oxygen atoms in total. The van der Waals surface area contributed by atoms with Gasteiger partial charge in [0.25, 0.3) is 0 Å². The fourth-order valence-corrected chi connectivity index (χ4v) is 3.90. The fraction of sp³-hybridized carbons (Fsp3) is 0.812. The first-order chi connectivity index (χ1) is 10.1. The smallest absolute Gasteiger partial charge is 0.122 e. The van der Waals surface area contributed by atoms with Crippen LogP contribution < -0.4 is 5.73 Å². The van der Waals surface area contributed by atoms with Crippen LogP contribution in [-0.4, -0.2) is 57.6 Å². The summed E-state index contributed by atoms with van der Waals surface area (Å²) in [6, 6.07) is 0. The maximum Gasteiger partial charge on any atom is 0.122 e. The molecule has 3 heterocycles. The molecule has 0 aromatic carbocycles. The molecule has 1 aromatic rings. The first kappa shape index (κ1) is 15.0. The summed E-state index contributed by atoms with van der Waals surface area (Å²) in [6.07, 6.45) is 6.39. The second kappa shape index (κ2) is 6.07. The van der Waals surface area contributed by atoms with Gasteiger partial charge >= 0.3 is 0 Å². The van der Waals surface area contributed by atoms with E-state index in [4.69, 9.17) is 5.73 Å². The molecule has 2 N–H and O–H groups in total. The number of imidazole rings is 1.